The molecule has 0 aliphatic carbocycles. The fourth-order valence-corrected chi connectivity index (χ4v) is 6.01. The van der Waals surface area contributed by atoms with E-state index >= 15 is 0 Å². The third-order valence-electron chi connectivity index (χ3n) is 2.52. The van der Waals surface area contributed by atoms with Gasteiger partial charge in [0.1, 0.15) is 5.75 Å². The molecule has 0 saturated carbocycles. The molecule has 0 atom stereocenters. The molecule has 7 nitrogen and oxygen atoms in total. The van der Waals surface area contributed by atoms with E-state index in [0.717, 1.165) is 0 Å². The molecule has 0 aliphatic rings. The predicted molar refractivity (Wildman–Crippen MR) is 105 cm³/mol. The van der Waals surface area contributed by atoms with Crippen LogP contribution in [-0.4, -0.2) is 43.6 Å². The minimum Gasteiger partial charge on any atom is -0.480 e. The van der Waals surface area contributed by atoms with Gasteiger partial charge in [0.05, 0.1) is 18.3 Å². The van der Waals surface area contributed by atoms with Gasteiger partial charge in [0, 0.05) is 17.7 Å². The number of amides is 2. The number of ether oxygens (including phenoxy) is 1. The highest BCUT2D eigenvalue weighted by molar-refractivity contribution is 14.1. The molecule has 0 heterocycles. The Hall–Kier alpha value is -0.380. The number of benzene rings is 1. The van der Waals surface area contributed by atoms with Crippen LogP contribution in [0.5, 0.6) is 5.75 Å². The van der Waals surface area contributed by atoms with E-state index in [1.807, 2.05) is 67.8 Å². The number of carbonyl (C=O) groups excluding carboxylic acids is 2. The van der Waals surface area contributed by atoms with E-state index in [2.05, 4.69) is 10.6 Å². The quantitative estimate of drug-likeness (QED) is 0.424. The molecule has 22 heavy (non-hydrogen) atoms. The summed E-state index contributed by atoms with van der Waals surface area (Å²) in [4.78, 5) is 34.9. The Kier molecular flexibility index (Phi) is 7.57. The van der Waals surface area contributed by atoms with Crippen LogP contribution in [0.15, 0.2) is 0 Å². The van der Waals surface area contributed by atoms with Crippen LogP contribution in [0.25, 0.3) is 0 Å². The molecule has 0 aromatic heterocycles. The van der Waals surface area contributed by atoms with Gasteiger partial charge in [-0.25, -0.2) is 4.79 Å². The molecule has 0 bridgehead atoms. The highest BCUT2D eigenvalue weighted by Crippen LogP contribution is 2.37. The third-order valence-corrected chi connectivity index (χ3v) is 5.66. The van der Waals surface area contributed by atoms with Crippen LogP contribution in [0.4, 0.5) is 0 Å². The van der Waals surface area contributed by atoms with Gasteiger partial charge in [0.15, 0.2) is 6.61 Å². The molecule has 0 aliphatic heterocycles. The normalized spacial score (nSPS) is 10.0. The predicted octanol–water partition coefficient (Wildman–Crippen LogP) is 1.68. The maximum absolute atomic E-state index is 12.1. The fraction of sp³-hybridized carbons (Fsp3) is 0.250. The van der Waals surface area contributed by atoms with Crippen LogP contribution in [-0.2, 0) is 4.79 Å². The van der Waals surface area contributed by atoms with Crippen LogP contribution in [0, 0.1) is 10.7 Å². The van der Waals surface area contributed by atoms with E-state index in [-0.39, 0.29) is 28.7 Å². The summed E-state index contributed by atoms with van der Waals surface area (Å²) < 4.78 is 6.67. The van der Waals surface area contributed by atoms with Gasteiger partial charge in [-0.1, -0.05) is 0 Å². The summed E-state index contributed by atoms with van der Waals surface area (Å²) in [7, 11) is 2.95. The van der Waals surface area contributed by atoms with Crippen molar-refractivity contribution >= 4 is 85.6 Å². The minimum absolute atomic E-state index is 0.209. The second kappa shape index (κ2) is 8.47. The number of hydrogen-bond acceptors (Lipinski definition) is 4. The topological polar surface area (TPSA) is 105 Å². The average Bonchev–Trinajstić information content (AvgIpc) is 2.46. The van der Waals surface area contributed by atoms with Crippen molar-refractivity contribution < 1.29 is 24.2 Å². The van der Waals surface area contributed by atoms with Crippen molar-refractivity contribution in [1.82, 2.24) is 10.6 Å². The van der Waals surface area contributed by atoms with Crippen LogP contribution >= 0.6 is 67.8 Å². The highest BCUT2D eigenvalue weighted by Gasteiger charge is 2.28. The van der Waals surface area contributed by atoms with Gasteiger partial charge >= 0.3 is 5.97 Å². The van der Waals surface area contributed by atoms with E-state index in [1.165, 1.54) is 14.1 Å². The number of carboxylic acids is 1. The number of halogens is 3. The van der Waals surface area contributed by atoms with Gasteiger partial charge in [-0.05, 0) is 67.8 Å². The fourth-order valence-electron chi connectivity index (χ4n) is 1.55. The molecule has 0 saturated heterocycles. The zero-order valence-electron chi connectivity index (χ0n) is 11.4. The van der Waals surface area contributed by atoms with Gasteiger partial charge in [-0.15, -0.1) is 0 Å². The number of carbonyl (C=O) groups is 3. The van der Waals surface area contributed by atoms with E-state index < -0.39 is 12.6 Å². The van der Waals surface area contributed by atoms with Crippen LogP contribution < -0.4 is 15.4 Å². The summed E-state index contributed by atoms with van der Waals surface area (Å²) in [6.45, 7) is -0.563. The lowest BCUT2D eigenvalue weighted by Gasteiger charge is -2.17. The van der Waals surface area contributed by atoms with Gasteiger partial charge in [0.25, 0.3) is 11.8 Å². The van der Waals surface area contributed by atoms with Crippen molar-refractivity contribution in [3.05, 3.63) is 21.8 Å². The zero-order chi connectivity index (χ0) is 17.0. The van der Waals surface area contributed by atoms with Crippen molar-refractivity contribution in [2.45, 2.75) is 0 Å². The van der Waals surface area contributed by atoms with Crippen molar-refractivity contribution in [2.75, 3.05) is 20.7 Å². The summed E-state index contributed by atoms with van der Waals surface area (Å²) in [6.07, 6.45) is 0. The molecular weight excluding hydrogens is 633 g/mol. The summed E-state index contributed by atoms with van der Waals surface area (Å²) in [5.41, 5.74) is 0.561. The highest BCUT2D eigenvalue weighted by atomic mass is 127. The number of aliphatic carboxylic acids is 1. The smallest absolute Gasteiger partial charge is 0.341 e. The van der Waals surface area contributed by atoms with E-state index in [4.69, 9.17) is 9.84 Å². The maximum atomic E-state index is 12.1. The lowest BCUT2D eigenvalue weighted by molar-refractivity contribution is -0.139. The monoisotopic (exact) mass is 644 g/mol. The van der Waals surface area contributed by atoms with Crippen LogP contribution in [0.2, 0.25) is 0 Å². The molecule has 120 valence electrons. The van der Waals surface area contributed by atoms with E-state index in [1.54, 1.807) is 0 Å². The van der Waals surface area contributed by atoms with Crippen molar-refractivity contribution in [3.63, 3.8) is 0 Å². The Balaban J connectivity index is 3.65. The lowest BCUT2D eigenvalue weighted by Crippen LogP contribution is -2.27. The molecule has 0 unspecified atom stereocenters. The summed E-state index contributed by atoms with van der Waals surface area (Å²) in [6, 6.07) is 0. The van der Waals surface area contributed by atoms with Crippen molar-refractivity contribution in [1.29, 1.82) is 0 Å². The van der Waals surface area contributed by atoms with Gasteiger partial charge < -0.3 is 20.5 Å². The SMILES string of the molecule is CNC(=O)c1c(I)c(OCC(=O)O)c(I)c(C(=O)NC)c1I. The molecule has 2 amide bonds. The van der Waals surface area contributed by atoms with Crippen molar-refractivity contribution in [3.8, 4) is 5.75 Å². The lowest BCUT2D eigenvalue weighted by atomic mass is 10.1. The minimum atomic E-state index is -1.15. The summed E-state index contributed by atoms with van der Waals surface area (Å²) >= 11 is 5.74. The first kappa shape index (κ1) is 19.7. The molecule has 10 heteroatoms. The molecule has 0 radical (unpaired) electrons. The Labute approximate surface area is 167 Å². The Bertz CT molecular complexity index is 605. The van der Waals surface area contributed by atoms with E-state index in [9.17, 15) is 14.4 Å². The molecule has 1 aromatic carbocycles. The van der Waals surface area contributed by atoms with Crippen molar-refractivity contribution in [2.24, 2.45) is 0 Å². The largest absolute Gasteiger partial charge is 0.480 e. The Morgan fingerprint density at radius 3 is 1.68 bits per heavy atom. The number of hydrogen-bond donors (Lipinski definition) is 3. The average molecular weight is 644 g/mol. The summed E-state index contributed by atoms with van der Waals surface area (Å²) in [5, 5.41) is 13.8. The molecule has 3 N–H and O–H groups in total. The first-order chi connectivity index (χ1) is 10.3. The van der Waals surface area contributed by atoms with Crippen LogP contribution in [0.3, 0.4) is 0 Å². The number of rotatable bonds is 5. The van der Waals surface area contributed by atoms with Crippen LogP contribution in [0.1, 0.15) is 20.7 Å². The molecular formula is C12H11I3N2O5. The number of nitrogens with one attached hydrogen (secondary N) is 2. The van der Waals surface area contributed by atoms with Gasteiger partial charge in [-0.2, -0.15) is 0 Å². The second-order valence-corrected chi connectivity index (χ2v) is 7.10. The summed E-state index contributed by atoms with van der Waals surface area (Å²) in [5.74, 6) is -1.69. The second-order valence-electron chi connectivity index (χ2n) is 3.86. The van der Waals surface area contributed by atoms with Gasteiger partial charge in [-0.3, -0.25) is 9.59 Å². The molecule has 1 rings (SSSR count). The third kappa shape index (κ3) is 4.12. The molecule has 1 aromatic rings. The maximum Gasteiger partial charge on any atom is 0.341 e. The van der Waals surface area contributed by atoms with Gasteiger partial charge in [0.2, 0.25) is 0 Å². The Morgan fingerprint density at radius 1 is 0.955 bits per heavy atom. The molecule has 0 spiro atoms. The first-order valence-electron chi connectivity index (χ1n) is 5.75. The number of carboxylic acid groups (broad SMARTS) is 1. The Morgan fingerprint density at radius 2 is 1.36 bits per heavy atom. The molecule has 0 fully saturated rings. The zero-order valence-corrected chi connectivity index (χ0v) is 17.9. The van der Waals surface area contributed by atoms with E-state index in [0.29, 0.717) is 10.7 Å². The standard InChI is InChI=1S/C12H11I3N2O5/c1-16-11(20)5-7(13)6(12(21)17-2)9(15)10(8(5)14)22-3-4(18)19/h3H2,1-2H3,(H,16,20)(H,17,21)(H,18,19). The first-order valence-corrected chi connectivity index (χ1v) is 8.99.